The van der Waals surface area contributed by atoms with Crippen molar-refractivity contribution in [1.82, 2.24) is 14.5 Å². The number of carbonyl (C=O) groups is 2. The van der Waals surface area contributed by atoms with E-state index >= 15 is 0 Å². The standard InChI is InChI=1S/C18H21F3N4O3/c1-10(9-26)25-14-6-5-12(8-13(14)23-17(25)18(19,20)21)22-16(28)15-4-3-7-24(15)11(2)27/h5-6,8,10,15,26H,3-4,7,9H2,1-2H3,(H,22,28)/t10?,15-/m1/s1. The number of likely N-dealkylation sites (tertiary alicyclic amines) is 1. The van der Waals surface area contributed by atoms with Crippen LogP contribution in [0.5, 0.6) is 0 Å². The van der Waals surface area contributed by atoms with Gasteiger partial charge in [-0.2, -0.15) is 13.2 Å². The van der Waals surface area contributed by atoms with Crippen molar-refractivity contribution < 1.29 is 27.9 Å². The van der Waals surface area contributed by atoms with E-state index < -0.39 is 30.7 Å². The van der Waals surface area contributed by atoms with Crippen LogP contribution in [0, 0.1) is 0 Å². The van der Waals surface area contributed by atoms with Gasteiger partial charge >= 0.3 is 6.18 Å². The number of aliphatic hydroxyl groups excluding tert-OH is 1. The first kappa shape index (κ1) is 20.1. The second kappa shape index (κ2) is 7.42. The Morgan fingerprint density at radius 1 is 1.39 bits per heavy atom. The number of amides is 2. The van der Waals surface area contributed by atoms with Crippen molar-refractivity contribution >= 4 is 28.5 Å². The number of aliphatic hydroxyl groups is 1. The summed E-state index contributed by atoms with van der Waals surface area (Å²) in [6.45, 7) is 2.88. The molecule has 1 aromatic carbocycles. The Kier molecular flexibility index (Phi) is 5.33. The predicted octanol–water partition coefficient (Wildman–Crippen LogP) is 2.56. The Bertz CT molecular complexity index is 909. The Morgan fingerprint density at radius 3 is 2.71 bits per heavy atom. The third kappa shape index (κ3) is 3.68. The van der Waals surface area contributed by atoms with Gasteiger partial charge in [0.1, 0.15) is 6.04 Å². The second-order valence-electron chi connectivity index (χ2n) is 6.90. The molecule has 1 aliphatic heterocycles. The zero-order valence-electron chi connectivity index (χ0n) is 15.5. The number of hydrogen-bond acceptors (Lipinski definition) is 4. The maximum absolute atomic E-state index is 13.3. The van der Waals surface area contributed by atoms with E-state index in [0.29, 0.717) is 18.7 Å². The van der Waals surface area contributed by atoms with Crippen LogP contribution >= 0.6 is 0 Å². The summed E-state index contributed by atoms with van der Waals surface area (Å²) < 4.78 is 41.0. The van der Waals surface area contributed by atoms with Crippen molar-refractivity contribution in [3.8, 4) is 0 Å². The van der Waals surface area contributed by atoms with E-state index in [1.54, 1.807) is 0 Å². The normalized spacial score (nSPS) is 18.5. The Labute approximate surface area is 159 Å². The first-order valence-electron chi connectivity index (χ1n) is 8.91. The van der Waals surface area contributed by atoms with Crippen molar-refractivity contribution in [2.75, 3.05) is 18.5 Å². The molecule has 1 saturated heterocycles. The summed E-state index contributed by atoms with van der Waals surface area (Å²) in [6.07, 6.45) is -3.43. The Morgan fingerprint density at radius 2 is 2.11 bits per heavy atom. The van der Waals surface area contributed by atoms with Crippen LogP contribution in [0.1, 0.15) is 38.6 Å². The van der Waals surface area contributed by atoms with Gasteiger partial charge in [-0.1, -0.05) is 0 Å². The van der Waals surface area contributed by atoms with Crippen LogP contribution in [0.15, 0.2) is 18.2 Å². The summed E-state index contributed by atoms with van der Waals surface area (Å²) in [5, 5.41) is 12.0. The third-order valence-corrected chi connectivity index (χ3v) is 4.88. The molecule has 0 aliphatic carbocycles. The van der Waals surface area contributed by atoms with E-state index in [0.717, 1.165) is 11.0 Å². The van der Waals surface area contributed by atoms with Gasteiger partial charge in [0.25, 0.3) is 0 Å². The summed E-state index contributed by atoms with van der Waals surface area (Å²) in [4.78, 5) is 29.3. The zero-order valence-corrected chi connectivity index (χ0v) is 15.5. The minimum absolute atomic E-state index is 0.0558. The number of anilines is 1. The van der Waals surface area contributed by atoms with E-state index in [2.05, 4.69) is 10.3 Å². The summed E-state index contributed by atoms with van der Waals surface area (Å²) in [5.41, 5.74) is 0.557. The molecule has 1 aromatic heterocycles. The maximum Gasteiger partial charge on any atom is 0.449 e. The molecular formula is C18H21F3N4O3. The third-order valence-electron chi connectivity index (χ3n) is 4.88. The molecule has 2 atom stereocenters. The van der Waals surface area contributed by atoms with Gasteiger partial charge in [0, 0.05) is 19.2 Å². The van der Waals surface area contributed by atoms with Gasteiger partial charge in [0.2, 0.25) is 17.6 Å². The molecule has 10 heteroatoms. The number of fused-ring (bicyclic) bond motifs is 1. The van der Waals surface area contributed by atoms with Crippen molar-refractivity contribution in [2.45, 2.75) is 44.9 Å². The van der Waals surface area contributed by atoms with Crippen LogP contribution in [0.3, 0.4) is 0 Å². The van der Waals surface area contributed by atoms with Crippen molar-refractivity contribution in [3.63, 3.8) is 0 Å². The average Bonchev–Trinajstić information content (AvgIpc) is 3.25. The lowest BCUT2D eigenvalue weighted by molar-refractivity contribution is -0.147. The number of nitrogens with zero attached hydrogens (tertiary/aromatic N) is 3. The number of alkyl halides is 3. The van der Waals surface area contributed by atoms with E-state index in [1.165, 1.54) is 36.9 Å². The summed E-state index contributed by atoms with van der Waals surface area (Å²) in [5.74, 6) is -1.68. The van der Waals surface area contributed by atoms with Crippen LogP contribution in [0.4, 0.5) is 18.9 Å². The lowest BCUT2D eigenvalue weighted by Gasteiger charge is -2.22. The lowest BCUT2D eigenvalue weighted by atomic mass is 10.2. The zero-order chi connectivity index (χ0) is 20.6. The van der Waals surface area contributed by atoms with Crippen LogP contribution in [-0.4, -0.2) is 50.6 Å². The molecular weight excluding hydrogens is 377 g/mol. The van der Waals surface area contributed by atoms with E-state index in [-0.39, 0.29) is 22.8 Å². The highest BCUT2D eigenvalue weighted by molar-refractivity contribution is 5.98. The van der Waals surface area contributed by atoms with Crippen molar-refractivity contribution in [2.24, 2.45) is 0 Å². The minimum Gasteiger partial charge on any atom is -0.394 e. The van der Waals surface area contributed by atoms with E-state index in [4.69, 9.17) is 0 Å². The van der Waals surface area contributed by atoms with Gasteiger partial charge in [-0.05, 0) is 38.0 Å². The van der Waals surface area contributed by atoms with Gasteiger partial charge < -0.3 is 19.9 Å². The Hall–Kier alpha value is -2.62. The molecule has 2 amide bonds. The summed E-state index contributed by atoms with van der Waals surface area (Å²) >= 11 is 0. The number of rotatable bonds is 4. The van der Waals surface area contributed by atoms with Crippen LogP contribution in [-0.2, 0) is 15.8 Å². The van der Waals surface area contributed by atoms with Crippen LogP contribution in [0.25, 0.3) is 11.0 Å². The molecule has 28 heavy (non-hydrogen) atoms. The van der Waals surface area contributed by atoms with Gasteiger partial charge in [-0.25, -0.2) is 4.98 Å². The maximum atomic E-state index is 13.3. The summed E-state index contributed by atoms with van der Waals surface area (Å²) in [6, 6.07) is 2.86. The topological polar surface area (TPSA) is 87.5 Å². The molecule has 2 heterocycles. The van der Waals surface area contributed by atoms with E-state index in [9.17, 15) is 27.9 Å². The van der Waals surface area contributed by atoms with Gasteiger partial charge in [0.05, 0.1) is 23.7 Å². The lowest BCUT2D eigenvalue weighted by Crippen LogP contribution is -2.42. The molecule has 3 rings (SSSR count). The molecule has 1 aliphatic rings. The molecule has 1 unspecified atom stereocenters. The number of hydrogen-bond donors (Lipinski definition) is 2. The second-order valence-corrected chi connectivity index (χ2v) is 6.90. The predicted molar refractivity (Wildman–Crippen MR) is 95.6 cm³/mol. The van der Waals surface area contributed by atoms with Gasteiger partial charge in [-0.15, -0.1) is 0 Å². The number of aromatic nitrogens is 2. The van der Waals surface area contributed by atoms with Crippen LogP contribution in [0.2, 0.25) is 0 Å². The van der Waals surface area contributed by atoms with Crippen molar-refractivity contribution in [1.29, 1.82) is 0 Å². The molecule has 1 fully saturated rings. The highest BCUT2D eigenvalue weighted by Gasteiger charge is 2.39. The van der Waals surface area contributed by atoms with Gasteiger partial charge in [0.15, 0.2) is 0 Å². The summed E-state index contributed by atoms with van der Waals surface area (Å²) in [7, 11) is 0. The minimum atomic E-state index is -4.68. The first-order valence-corrected chi connectivity index (χ1v) is 8.91. The molecule has 0 saturated carbocycles. The van der Waals surface area contributed by atoms with Crippen molar-refractivity contribution in [3.05, 3.63) is 24.0 Å². The first-order chi connectivity index (χ1) is 13.1. The highest BCUT2D eigenvalue weighted by Crippen LogP contribution is 2.34. The Balaban J connectivity index is 1.92. The number of imidazole rings is 1. The number of carbonyl (C=O) groups excluding carboxylic acids is 2. The fourth-order valence-electron chi connectivity index (χ4n) is 3.55. The quantitative estimate of drug-likeness (QED) is 0.829. The molecule has 0 spiro atoms. The van der Waals surface area contributed by atoms with E-state index in [1.807, 2.05) is 0 Å². The highest BCUT2D eigenvalue weighted by atomic mass is 19.4. The molecule has 0 radical (unpaired) electrons. The fourth-order valence-corrected chi connectivity index (χ4v) is 3.55. The monoisotopic (exact) mass is 398 g/mol. The average molecular weight is 398 g/mol. The molecule has 2 aromatic rings. The molecule has 152 valence electrons. The number of halogens is 3. The largest absolute Gasteiger partial charge is 0.449 e. The van der Waals surface area contributed by atoms with Crippen LogP contribution < -0.4 is 5.32 Å². The molecule has 7 nitrogen and oxygen atoms in total. The smallest absolute Gasteiger partial charge is 0.394 e. The molecule has 0 bridgehead atoms. The molecule has 2 N–H and O–H groups in total. The van der Waals surface area contributed by atoms with Gasteiger partial charge in [-0.3, -0.25) is 9.59 Å². The fraction of sp³-hybridized carbons (Fsp3) is 0.500. The number of benzene rings is 1. The number of nitrogens with one attached hydrogen (secondary N) is 1. The SMILES string of the molecule is CC(=O)N1CCC[C@@H]1C(=O)Nc1ccc2c(c1)nc(C(F)(F)F)n2C(C)CO.